The highest BCUT2D eigenvalue weighted by Gasteiger charge is 2.36. The molecule has 2 aromatic carbocycles. The van der Waals surface area contributed by atoms with E-state index in [1.165, 1.54) is 18.9 Å². The summed E-state index contributed by atoms with van der Waals surface area (Å²) in [4.78, 5) is 25.3. The van der Waals surface area contributed by atoms with E-state index < -0.39 is 11.9 Å². The summed E-state index contributed by atoms with van der Waals surface area (Å²) in [6, 6.07) is 15.0. The summed E-state index contributed by atoms with van der Waals surface area (Å²) >= 11 is 7.64. The molecule has 1 aliphatic rings. The van der Waals surface area contributed by atoms with Gasteiger partial charge in [-0.1, -0.05) is 53.7 Å². The molecule has 170 valence electrons. The number of hydrogen-bond acceptors (Lipinski definition) is 6. The molecule has 0 aliphatic carbocycles. The molecule has 1 aliphatic heterocycles. The summed E-state index contributed by atoms with van der Waals surface area (Å²) in [5.74, 6) is -1.37. The van der Waals surface area contributed by atoms with Gasteiger partial charge < -0.3 is 15.4 Å². The normalized spacial score (nSPS) is 15.6. The monoisotopic (exact) mass is 481 g/mol. The first kappa shape index (κ1) is 24.4. The number of rotatable bonds is 6. The molecular weight excluding hydrogens is 458 g/mol. The largest absolute Gasteiger partial charge is 0.466 e. The maximum Gasteiger partial charge on any atom is 0.336 e. The number of amides is 1. The van der Waals surface area contributed by atoms with E-state index in [2.05, 4.69) is 16.7 Å². The number of nitriles is 1. The van der Waals surface area contributed by atoms with Crippen LogP contribution in [-0.4, -0.2) is 24.7 Å². The van der Waals surface area contributed by atoms with Crippen LogP contribution in [0.3, 0.4) is 0 Å². The number of methoxy groups -OCH3 is 1. The lowest BCUT2D eigenvalue weighted by Gasteiger charge is -2.29. The van der Waals surface area contributed by atoms with Crippen LogP contribution in [0.4, 0.5) is 5.69 Å². The van der Waals surface area contributed by atoms with Crippen LogP contribution < -0.4 is 10.6 Å². The highest BCUT2D eigenvalue weighted by molar-refractivity contribution is 8.03. The molecular formula is C25H24ClN3O3S. The molecule has 8 heteroatoms. The molecule has 0 aromatic heterocycles. The van der Waals surface area contributed by atoms with Gasteiger partial charge in [0.05, 0.1) is 41.0 Å². The maximum atomic E-state index is 12.6. The number of anilines is 1. The van der Waals surface area contributed by atoms with Gasteiger partial charge in [0.15, 0.2) is 0 Å². The summed E-state index contributed by atoms with van der Waals surface area (Å²) < 4.78 is 4.98. The molecule has 0 fully saturated rings. The summed E-state index contributed by atoms with van der Waals surface area (Å²) in [5, 5.41) is 17.0. The SMILES string of the molecule is COC(=O)C1=C(C)NC(SCC(=O)Nc2cccc(C)c2C)=C(C#N)[C@@H]1c1ccccc1Cl. The van der Waals surface area contributed by atoms with E-state index in [0.717, 1.165) is 16.8 Å². The summed E-state index contributed by atoms with van der Waals surface area (Å²) in [6.07, 6.45) is 0. The van der Waals surface area contributed by atoms with E-state index in [-0.39, 0.29) is 11.7 Å². The number of esters is 1. The van der Waals surface area contributed by atoms with Crippen molar-refractivity contribution in [3.8, 4) is 6.07 Å². The number of allylic oxidation sites excluding steroid dienone is 2. The molecule has 0 unspecified atom stereocenters. The first-order valence-corrected chi connectivity index (χ1v) is 11.6. The summed E-state index contributed by atoms with van der Waals surface area (Å²) in [5.41, 5.74) is 4.62. The smallest absolute Gasteiger partial charge is 0.336 e. The Morgan fingerprint density at radius 3 is 2.58 bits per heavy atom. The Hall–Kier alpha value is -3.21. The predicted octanol–water partition coefficient (Wildman–Crippen LogP) is 5.20. The number of halogens is 1. The van der Waals surface area contributed by atoms with Gasteiger partial charge in [-0.2, -0.15) is 5.26 Å². The Morgan fingerprint density at radius 1 is 1.18 bits per heavy atom. The van der Waals surface area contributed by atoms with Crippen molar-refractivity contribution in [2.45, 2.75) is 26.7 Å². The molecule has 1 heterocycles. The third-order valence-corrected chi connectivity index (χ3v) is 6.86. The van der Waals surface area contributed by atoms with E-state index in [9.17, 15) is 14.9 Å². The van der Waals surface area contributed by atoms with Gasteiger partial charge in [0.2, 0.25) is 5.91 Å². The quantitative estimate of drug-likeness (QED) is 0.551. The lowest BCUT2D eigenvalue weighted by atomic mass is 9.82. The molecule has 33 heavy (non-hydrogen) atoms. The second-order valence-electron chi connectivity index (χ2n) is 7.55. The zero-order chi connectivity index (χ0) is 24.1. The summed E-state index contributed by atoms with van der Waals surface area (Å²) in [7, 11) is 1.30. The van der Waals surface area contributed by atoms with Gasteiger partial charge in [0.1, 0.15) is 0 Å². The number of dihydropyridines is 1. The molecule has 0 saturated heterocycles. The Morgan fingerprint density at radius 2 is 1.91 bits per heavy atom. The second-order valence-corrected chi connectivity index (χ2v) is 8.94. The number of thioether (sulfide) groups is 1. The fourth-order valence-electron chi connectivity index (χ4n) is 3.64. The van der Waals surface area contributed by atoms with Gasteiger partial charge in [0.25, 0.3) is 0 Å². The molecule has 6 nitrogen and oxygen atoms in total. The molecule has 0 radical (unpaired) electrons. The topological polar surface area (TPSA) is 91.2 Å². The molecule has 2 aromatic rings. The van der Waals surface area contributed by atoms with Crippen molar-refractivity contribution in [2.24, 2.45) is 0 Å². The maximum absolute atomic E-state index is 12.6. The number of nitrogens with one attached hydrogen (secondary N) is 2. The lowest BCUT2D eigenvalue weighted by Crippen LogP contribution is -2.29. The van der Waals surface area contributed by atoms with E-state index >= 15 is 0 Å². The first-order valence-electron chi connectivity index (χ1n) is 10.2. The number of nitrogens with zero attached hydrogens (tertiary/aromatic N) is 1. The van der Waals surface area contributed by atoms with Crippen molar-refractivity contribution in [3.05, 3.63) is 86.0 Å². The molecule has 3 rings (SSSR count). The first-order chi connectivity index (χ1) is 15.8. The highest BCUT2D eigenvalue weighted by atomic mass is 35.5. The average molecular weight is 482 g/mol. The number of benzene rings is 2. The van der Waals surface area contributed by atoms with Crippen molar-refractivity contribution in [1.82, 2.24) is 5.32 Å². The van der Waals surface area contributed by atoms with Crippen LogP contribution in [0.2, 0.25) is 5.02 Å². The van der Waals surface area contributed by atoms with Crippen LogP contribution in [0.15, 0.2) is 64.3 Å². The third-order valence-electron chi connectivity index (χ3n) is 5.50. The van der Waals surface area contributed by atoms with Crippen molar-refractivity contribution in [1.29, 1.82) is 5.26 Å². The van der Waals surface area contributed by atoms with Gasteiger partial charge >= 0.3 is 5.97 Å². The van der Waals surface area contributed by atoms with Gasteiger partial charge in [-0.05, 0) is 49.6 Å². The zero-order valence-corrected chi connectivity index (χ0v) is 20.4. The Bertz CT molecular complexity index is 1210. The molecule has 0 spiro atoms. The fraction of sp³-hybridized carbons (Fsp3) is 0.240. The minimum Gasteiger partial charge on any atom is -0.466 e. The molecule has 0 saturated carbocycles. The second kappa shape index (κ2) is 10.6. The Labute approximate surface area is 202 Å². The van der Waals surface area contributed by atoms with Gasteiger partial charge in [-0.3, -0.25) is 4.79 Å². The number of carbonyl (C=O) groups is 2. The van der Waals surface area contributed by atoms with E-state index in [1.807, 2.05) is 32.0 Å². The van der Waals surface area contributed by atoms with E-state index in [1.54, 1.807) is 31.2 Å². The third kappa shape index (κ3) is 5.24. The van der Waals surface area contributed by atoms with Crippen molar-refractivity contribution in [2.75, 3.05) is 18.2 Å². The number of ether oxygens (including phenoxy) is 1. The van der Waals surface area contributed by atoms with Crippen LogP contribution in [0.5, 0.6) is 0 Å². The summed E-state index contributed by atoms with van der Waals surface area (Å²) in [6.45, 7) is 5.67. The van der Waals surface area contributed by atoms with Crippen LogP contribution >= 0.6 is 23.4 Å². The number of carbonyl (C=O) groups excluding carboxylic acids is 2. The molecule has 1 amide bonds. The highest BCUT2D eigenvalue weighted by Crippen LogP contribution is 2.43. The predicted molar refractivity (Wildman–Crippen MR) is 132 cm³/mol. The zero-order valence-electron chi connectivity index (χ0n) is 18.8. The average Bonchev–Trinajstić information content (AvgIpc) is 2.80. The number of hydrogen-bond donors (Lipinski definition) is 2. The molecule has 1 atom stereocenters. The minimum atomic E-state index is -0.707. The van der Waals surface area contributed by atoms with Crippen molar-refractivity contribution < 1.29 is 14.3 Å². The van der Waals surface area contributed by atoms with Gasteiger partial charge in [-0.25, -0.2) is 4.79 Å². The molecule has 0 bridgehead atoms. The van der Waals surface area contributed by atoms with Gasteiger partial charge in [-0.15, -0.1) is 0 Å². The standard InChI is InChI=1S/C25H24ClN3O3S/c1-14-8-7-11-20(15(14)2)29-21(30)13-33-24-18(12-27)23(17-9-5-6-10-19(17)26)22(16(3)28-24)25(31)32-4/h5-11,23,28H,13H2,1-4H3,(H,29,30)/t23-/m0/s1. The Kier molecular flexibility index (Phi) is 7.85. The van der Waals surface area contributed by atoms with Crippen LogP contribution in [0, 0.1) is 25.2 Å². The van der Waals surface area contributed by atoms with Crippen LogP contribution in [-0.2, 0) is 14.3 Å². The van der Waals surface area contributed by atoms with Crippen molar-refractivity contribution in [3.63, 3.8) is 0 Å². The van der Waals surface area contributed by atoms with Crippen molar-refractivity contribution >= 4 is 40.9 Å². The molecule has 2 N–H and O–H groups in total. The fourth-order valence-corrected chi connectivity index (χ4v) is 4.77. The van der Waals surface area contributed by atoms with E-state index in [0.29, 0.717) is 32.5 Å². The van der Waals surface area contributed by atoms with E-state index in [4.69, 9.17) is 16.3 Å². The number of aryl methyl sites for hydroxylation is 1. The van der Waals surface area contributed by atoms with Crippen LogP contribution in [0.1, 0.15) is 29.5 Å². The minimum absolute atomic E-state index is 0.0803. The lowest BCUT2D eigenvalue weighted by molar-refractivity contribution is -0.136. The van der Waals surface area contributed by atoms with Crippen LogP contribution in [0.25, 0.3) is 0 Å². The van der Waals surface area contributed by atoms with Gasteiger partial charge in [0, 0.05) is 16.4 Å². The Balaban J connectivity index is 1.91.